The quantitative estimate of drug-likeness (QED) is 0.536. The van der Waals surface area contributed by atoms with E-state index in [1.54, 1.807) is 12.1 Å². The molecule has 0 atom stereocenters. The van der Waals surface area contributed by atoms with Crippen molar-refractivity contribution < 1.29 is 19.0 Å². The number of rotatable bonds is 4. The highest BCUT2D eigenvalue weighted by Crippen LogP contribution is 2.12. The SMILES string of the molecule is OC(O)(CCc1ccc(F)cc1)O[SiH3]. The summed E-state index contributed by atoms with van der Waals surface area (Å²) in [5, 5.41) is 18.3. The van der Waals surface area contributed by atoms with E-state index in [1.165, 1.54) is 12.1 Å². The number of benzene rings is 1. The maximum Gasteiger partial charge on any atom is 0.267 e. The van der Waals surface area contributed by atoms with Gasteiger partial charge in [-0.3, -0.25) is 0 Å². The van der Waals surface area contributed by atoms with Gasteiger partial charge in [-0.25, -0.2) is 4.39 Å². The Morgan fingerprint density at radius 3 is 2.36 bits per heavy atom. The first-order valence-electron chi connectivity index (χ1n) is 4.28. The van der Waals surface area contributed by atoms with Crippen LogP contribution in [0, 0.1) is 5.82 Å². The van der Waals surface area contributed by atoms with Crippen molar-refractivity contribution in [1.82, 2.24) is 0 Å². The normalized spacial score (nSPS) is 11.9. The highest BCUT2D eigenvalue weighted by Gasteiger charge is 2.20. The molecule has 0 spiro atoms. The molecule has 0 fully saturated rings. The summed E-state index contributed by atoms with van der Waals surface area (Å²) in [6.07, 6.45) is 0.525. The fraction of sp³-hybridized carbons (Fsp3) is 0.333. The van der Waals surface area contributed by atoms with Crippen molar-refractivity contribution in [2.45, 2.75) is 18.8 Å². The van der Waals surface area contributed by atoms with E-state index in [0.29, 0.717) is 6.42 Å². The molecule has 1 aromatic carbocycles. The van der Waals surface area contributed by atoms with Crippen molar-refractivity contribution >= 4 is 10.5 Å². The van der Waals surface area contributed by atoms with Gasteiger partial charge in [-0.2, -0.15) is 0 Å². The minimum absolute atomic E-state index is 0.0854. The molecule has 2 N–H and O–H groups in total. The van der Waals surface area contributed by atoms with E-state index in [9.17, 15) is 4.39 Å². The fourth-order valence-corrected chi connectivity index (χ4v) is 1.26. The van der Waals surface area contributed by atoms with E-state index in [-0.39, 0.29) is 22.7 Å². The zero-order chi connectivity index (χ0) is 10.6. The first kappa shape index (κ1) is 11.3. The van der Waals surface area contributed by atoms with E-state index in [4.69, 9.17) is 10.2 Å². The highest BCUT2D eigenvalue weighted by atomic mass is 28.2. The van der Waals surface area contributed by atoms with Gasteiger partial charge in [-0.1, -0.05) is 12.1 Å². The number of aliphatic hydroxyl groups is 2. The minimum Gasteiger partial charge on any atom is -0.381 e. The molecule has 0 aliphatic carbocycles. The molecule has 0 aliphatic rings. The summed E-state index contributed by atoms with van der Waals surface area (Å²) in [6, 6.07) is 5.90. The lowest BCUT2D eigenvalue weighted by Crippen LogP contribution is -2.31. The van der Waals surface area contributed by atoms with E-state index >= 15 is 0 Å². The van der Waals surface area contributed by atoms with Crippen LogP contribution in [-0.4, -0.2) is 26.7 Å². The van der Waals surface area contributed by atoms with Crippen LogP contribution in [0.2, 0.25) is 0 Å². The summed E-state index contributed by atoms with van der Waals surface area (Å²) in [5.41, 5.74) is 0.845. The van der Waals surface area contributed by atoms with Gasteiger partial charge >= 0.3 is 0 Å². The van der Waals surface area contributed by atoms with Crippen LogP contribution in [0.5, 0.6) is 0 Å². The van der Waals surface area contributed by atoms with Gasteiger partial charge in [0.2, 0.25) is 0 Å². The third kappa shape index (κ3) is 3.55. The Morgan fingerprint density at radius 1 is 1.29 bits per heavy atom. The molecule has 1 aromatic rings. The minimum atomic E-state index is -2.04. The van der Waals surface area contributed by atoms with Gasteiger partial charge < -0.3 is 14.6 Å². The van der Waals surface area contributed by atoms with E-state index in [2.05, 4.69) is 4.43 Å². The van der Waals surface area contributed by atoms with Crippen LogP contribution in [0.4, 0.5) is 4.39 Å². The first-order chi connectivity index (χ1) is 6.53. The van der Waals surface area contributed by atoms with Crippen molar-refractivity contribution in [2.75, 3.05) is 0 Å². The van der Waals surface area contributed by atoms with Crippen LogP contribution in [0.15, 0.2) is 24.3 Å². The highest BCUT2D eigenvalue weighted by molar-refractivity contribution is 5.98. The smallest absolute Gasteiger partial charge is 0.267 e. The molecule has 78 valence electrons. The first-order valence-corrected chi connectivity index (χ1v) is 5.09. The summed E-state index contributed by atoms with van der Waals surface area (Å²) in [7, 11) is 0.263. The summed E-state index contributed by atoms with van der Waals surface area (Å²) in [5.74, 6) is -2.34. The van der Waals surface area contributed by atoms with Crippen LogP contribution < -0.4 is 0 Å². The number of aryl methyl sites for hydroxylation is 1. The Hall–Kier alpha value is -0.753. The fourth-order valence-electron chi connectivity index (χ4n) is 1.06. The molecule has 5 heteroatoms. The molecule has 3 nitrogen and oxygen atoms in total. The molecule has 0 saturated carbocycles. The summed E-state index contributed by atoms with van der Waals surface area (Å²) < 4.78 is 17.1. The zero-order valence-electron chi connectivity index (χ0n) is 7.90. The maximum atomic E-state index is 12.5. The van der Waals surface area contributed by atoms with Crippen molar-refractivity contribution in [3.63, 3.8) is 0 Å². The van der Waals surface area contributed by atoms with E-state index in [1.807, 2.05) is 0 Å². The molecule has 0 aromatic heterocycles. The Morgan fingerprint density at radius 2 is 1.86 bits per heavy atom. The van der Waals surface area contributed by atoms with Gasteiger partial charge in [0.25, 0.3) is 5.97 Å². The lowest BCUT2D eigenvalue weighted by atomic mass is 10.1. The summed E-state index contributed by atoms with van der Waals surface area (Å²) in [6.45, 7) is 0. The summed E-state index contributed by atoms with van der Waals surface area (Å²) >= 11 is 0. The topological polar surface area (TPSA) is 49.7 Å². The van der Waals surface area contributed by atoms with Gasteiger partial charge in [0.1, 0.15) is 5.82 Å². The molecule has 0 amide bonds. The van der Waals surface area contributed by atoms with Crippen LogP contribution in [0.25, 0.3) is 0 Å². The van der Waals surface area contributed by atoms with Gasteiger partial charge in [0.15, 0.2) is 10.5 Å². The molecule has 14 heavy (non-hydrogen) atoms. The van der Waals surface area contributed by atoms with Crippen LogP contribution in [0.1, 0.15) is 12.0 Å². The lowest BCUT2D eigenvalue weighted by Gasteiger charge is -2.19. The van der Waals surface area contributed by atoms with Gasteiger partial charge in [-0.15, -0.1) is 0 Å². The molecule has 0 radical (unpaired) electrons. The van der Waals surface area contributed by atoms with Gasteiger partial charge in [0.05, 0.1) is 0 Å². The molecular weight excluding hydrogens is 203 g/mol. The predicted octanol–water partition coefficient (Wildman–Crippen LogP) is -0.306. The van der Waals surface area contributed by atoms with Crippen molar-refractivity contribution in [3.05, 3.63) is 35.6 Å². The lowest BCUT2D eigenvalue weighted by molar-refractivity contribution is -0.294. The zero-order valence-corrected chi connectivity index (χ0v) is 9.90. The third-order valence-electron chi connectivity index (χ3n) is 1.98. The molecule has 0 heterocycles. The number of halogens is 1. The molecule has 0 saturated heterocycles. The van der Waals surface area contributed by atoms with Gasteiger partial charge in [0, 0.05) is 6.42 Å². The average molecular weight is 216 g/mol. The Balaban J connectivity index is 2.50. The molecule has 0 unspecified atom stereocenters. The van der Waals surface area contributed by atoms with Crippen molar-refractivity contribution in [3.8, 4) is 0 Å². The monoisotopic (exact) mass is 216 g/mol. The number of hydrogen-bond donors (Lipinski definition) is 2. The van der Waals surface area contributed by atoms with Crippen molar-refractivity contribution in [2.24, 2.45) is 0 Å². The van der Waals surface area contributed by atoms with Crippen LogP contribution >= 0.6 is 0 Å². The average Bonchev–Trinajstić information content (AvgIpc) is 2.17. The largest absolute Gasteiger partial charge is 0.381 e. The standard InChI is InChI=1S/C9H13FO3Si/c10-8-3-1-7(2-4-8)5-6-9(11,12)13-14/h1-4,11-12H,5-6H2,14H3. The molecular formula is C9H13FO3Si. The van der Waals surface area contributed by atoms with E-state index < -0.39 is 5.97 Å². The second kappa shape index (κ2) is 4.65. The summed E-state index contributed by atoms with van der Waals surface area (Å²) in [4.78, 5) is 0. The Bertz CT molecular complexity index is 287. The Kier molecular flexibility index (Phi) is 3.76. The van der Waals surface area contributed by atoms with E-state index in [0.717, 1.165) is 5.56 Å². The van der Waals surface area contributed by atoms with Crippen molar-refractivity contribution in [1.29, 1.82) is 0 Å². The number of hydrogen-bond acceptors (Lipinski definition) is 3. The molecule has 0 bridgehead atoms. The molecule has 1 rings (SSSR count). The van der Waals surface area contributed by atoms with Gasteiger partial charge in [-0.05, 0) is 24.1 Å². The second-order valence-electron chi connectivity index (χ2n) is 3.07. The second-order valence-corrected chi connectivity index (χ2v) is 3.48. The van der Waals surface area contributed by atoms with Crippen LogP contribution in [-0.2, 0) is 10.8 Å². The van der Waals surface area contributed by atoms with Crippen LogP contribution in [0.3, 0.4) is 0 Å². The Labute approximate surface area is 84.7 Å². The maximum absolute atomic E-state index is 12.5. The predicted molar refractivity (Wildman–Crippen MR) is 52.9 cm³/mol. The molecule has 0 aliphatic heterocycles. The third-order valence-corrected chi connectivity index (χ3v) is 2.63.